The highest BCUT2D eigenvalue weighted by atomic mass is 16.5. The van der Waals surface area contributed by atoms with Gasteiger partial charge in [0.1, 0.15) is 11.4 Å². The molecule has 0 radical (unpaired) electrons. The van der Waals surface area contributed by atoms with Gasteiger partial charge in [-0.05, 0) is 17.0 Å². The van der Waals surface area contributed by atoms with Crippen LogP contribution in [0.1, 0.15) is 26.3 Å². The van der Waals surface area contributed by atoms with E-state index in [1.54, 1.807) is 12.1 Å². The molecule has 0 saturated carbocycles. The summed E-state index contributed by atoms with van der Waals surface area (Å²) in [7, 11) is 0. The molecule has 1 aromatic carbocycles. The number of nitrogens with zero attached hydrogens (tertiary/aromatic N) is 1. The molecule has 0 amide bonds. The Morgan fingerprint density at radius 2 is 2.00 bits per heavy atom. The van der Waals surface area contributed by atoms with Crippen molar-refractivity contribution < 1.29 is 9.63 Å². The second kappa shape index (κ2) is 3.80. The van der Waals surface area contributed by atoms with E-state index in [0.29, 0.717) is 11.3 Å². The molecule has 2 rings (SSSR count). The fraction of sp³-hybridized carbons (Fsp3) is 0.308. The SMILES string of the molecule is CC(C)(C)c1cccc(-c2cc(N)on2)c1O. The summed E-state index contributed by atoms with van der Waals surface area (Å²) >= 11 is 0. The largest absolute Gasteiger partial charge is 0.507 e. The fourth-order valence-corrected chi connectivity index (χ4v) is 1.77. The number of hydrogen-bond acceptors (Lipinski definition) is 4. The predicted octanol–water partition coefficient (Wildman–Crippen LogP) is 2.93. The molecule has 2 aromatic rings. The van der Waals surface area contributed by atoms with Crippen LogP contribution in [0.15, 0.2) is 28.8 Å². The third-order valence-electron chi connectivity index (χ3n) is 2.65. The zero-order chi connectivity index (χ0) is 12.6. The Hall–Kier alpha value is -1.97. The molecule has 3 N–H and O–H groups in total. The van der Waals surface area contributed by atoms with E-state index in [2.05, 4.69) is 5.16 Å². The number of nitrogen functional groups attached to an aromatic ring is 1. The highest BCUT2D eigenvalue weighted by molar-refractivity contribution is 5.70. The van der Waals surface area contributed by atoms with Gasteiger partial charge in [0.2, 0.25) is 5.88 Å². The van der Waals surface area contributed by atoms with Crippen LogP contribution < -0.4 is 5.73 Å². The van der Waals surface area contributed by atoms with E-state index in [1.807, 2.05) is 32.9 Å². The average molecular weight is 232 g/mol. The summed E-state index contributed by atoms with van der Waals surface area (Å²) in [5, 5.41) is 14.1. The number of phenols is 1. The number of aromatic hydroxyl groups is 1. The highest BCUT2D eigenvalue weighted by Crippen LogP contribution is 2.37. The summed E-state index contributed by atoms with van der Waals surface area (Å²) < 4.78 is 4.82. The van der Waals surface area contributed by atoms with Gasteiger partial charge in [-0.2, -0.15) is 0 Å². The van der Waals surface area contributed by atoms with E-state index in [0.717, 1.165) is 5.56 Å². The molecule has 0 aliphatic rings. The van der Waals surface area contributed by atoms with Gasteiger partial charge in [-0.15, -0.1) is 0 Å². The van der Waals surface area contributed by atoms with Crippen LogP contribution in [0.5, 0.6) is 5.75 Å². The molecular weight excluding hydrogens is 216 g/mol. The van der Waals surface area contributed by atoms with Crippen LogP contribution in [0.2, 0.25) is 0 Å². The van der Waals surface area contributed by atoms with Gasteiger partial charge in [0.25, 0.3) is 0 Å². The van der Waals surface area contributed by atoms with Crippen molar-refractivity contribution in [1.29, 1.82) is 0 Å². The highest BCUT2D eigenvalue weighted by Gasteiger charge is 2.21. The predicted molar refractivity (Wildman–Crippen MR) is 66.7 cm³/mol. The van der Waals surface area contributed by atoms with Crippen molar-refractivity contribution in [3.8, 4) is 17.0 Å². The Bertz CT molecular complexity index is 539. The van der Waals surface area contributed by atoms with Gasteiger partial charge in [0.15, 0.2) is 0 Å². The van der Waals surface area contributed by atoms with E-state index in [9.17, 15) is 5.11 Å². The number of para-hydroxylation sites is 1. The molecule has 90 valence electrons. The minimum Gasteiger partial charge on any atom is -0.507 e. The number of nitrogens with two attached hydrogens (primary N) is 1. The van der Waals surface area contributed by atoms with E-state index >= 15 is 0 Å². The second-order valence-corrected chi connectivity index (χ2v) is 5.07. The lowest BCUT2D eigenvalue weighted by Crippen LogP contribution is -2.11. The Morgan fingerprint density at radius 1 is 1.29 bits per heavy atom. The van der Waals surface area contributed by atoms with Gasteiger partial charge in [-0.3, -0.25) is 0 Å². The topological polar surface area (TPSA) is 72.3 Å². The maximum Gasteiger partial charge on any atom is 0.222 e. The van der Waals surface area contributed by atoms with Gasteiger partial charge in [-0.25, -0.2) is 0 Å². The molecule has 4 nitrogen and oxygen atoms in total. The van der Waals surface area contributed by atoms with Crippen molar-refractivity contribution in [2.24, 2.45) is 0 Å². The maximum atomic E-state index is 10.3. The van der Waals surface area contributed by atoms with Crippen molar-refractivity contribution in [3.05, 3.63) is 29.8 Å². The zero-order valence-electron chi connectivity index (χ0n) is 10.2. The molecular formula is C13H16N2O2. The van der Waals surface area contributed by atoms with Crippen LogP contribution >= 0.6 is 0 Å². The van der Waals surface area contributed by atoms with E-state index < -0.39 is 0 Å². The summed E-state index contributed by atoms with van der Waals surface area (Å²) in [6.45, 7) is 6.13. The molecule has 1 aromatic heterocycles. The summed E-state index contributed by atoms with van der Waals surface area (Å²) in [4.78, 5) is 0. The summed E-state index contributed by atoms with van der Waals surface area (Å²) in [5.74, 6) is 0.467. The Morgan fingerprint density at radius 3 is 2.53 bits per heavy atom. The molecule has 0 bridgehead atoms. The smallest absolute Gasteiger partial charge is 0.222 e. The Balaban J connectivity index is 2.57. The average Bonchev–Trinajstić information content (AvgIpc) is 2.63. The normalized spacial score (nSPS) is 11.7. The first-order chi connectivity index (χ1) is 7.89. The van der Waals surface area contributed by atoms with Gasteiger partial charge in [0.05, 0.1) is 0 Å². The number of anilines is 1. The van der Waals surface area contributed by atoms with Crippen molar-refractivity contribution in [3.63, 3.8) is 0 Å². The first kappa shape index (κ1) is 11.5. The lowest BCUT2D eigenvalue weighted by Gasteiger charge is -2.21. The summed E-state index contributed by atoms with van der Waals surface area (Å²) in [5.41, 5.74) is 7.41. The molecule has 0 saturated heterocycles. The monoisotopic (exact) mass is 232 g/mol. The Labute approximate surface area is 100 Å². The molecule has 0 unspecified atom stereocenters. The fourth-order valence-electron chi connectivity index (χ4n) is 1.77. The third kappa shape index (κ3) is 2.11. The quantitative estimate of drug-likeness (QED) is 0.792. The van der Waals surface area contributed by atoms with Gasteiger partial charge < -0.3 is 15.4 Å². The lowest BCUT2D eigenvalue weighted by atomic mass is 9.85. The standard InChI is InChI=1S/C13H16N2O2/c1-13(2,3)9-6-4-5-8(12(9)16)10-7-11(14)17-15-10/h4-7,16H,14H2,1-3H3. The van der Waals surface area contributed by atoms with E-state index in [4.69, 9.17) is 10.3 Å². The number of benzene rings is 1. The molecule has 0 fully saturated rings. The lowest BCUT2D eigenvalue weighted by molar-refractivity contribution is 0.434. The van der Waals surface area contributed by atoms with E-state index in [1.165, 1.54) is 0 Å². The molecule has 0 aliphatic heterocycles. The number of phenolic OH excluding ortho intramolecular Hbond substituents is 1. The van der Waals surface area contributed by atoms with Crippen LogP contribution in [0.25, 0.3) is 11.3 Å². The molecule has 0 spiro atoms. The van der Waals surface area contributed by atoms with Crippen molar-refractivity contribution in [2.75, 3.05) is 5.73 Å². The van der Waals surface area contributed by atoms with Crippen molar-refractivity contribution >= 4 is 5.88 Å². The second-order valence-electron chi connectivity index (χ2n) is 5.07. The van der Waals surface area contributed by atoms with Gasteiger partial charge >= 0.3 is 0 Å². The molecule has 0 aliphatic carbocycles. The number of rotatable bonds is 1. The Kier molecular flexibility index (Phi) is 2.58. The zero-order valence-corrected chi connectivity index (χ0v) is 10.2. The van der Waals surface area contributed by atoms with Crippen LogP contribution in [-0.2, 0) is 5.41 Å². The summed E-state index contributed by atoms with van der Waals surface area (Å²) in [6.07, 6.45) is 0. The third-order valence-corrected chi connectivity index (χ3v) is 2.65. The van der Waals surface area contributed by atoms with Crippen LogP contribution in [0.3, 0.4) is 0 Å². The first-order valence-corrected chi connectivity index (χ1v) is 5.44. The molecule has 1 heterocycles. The van der Waals surface area contributed by atoms with Crippen molar-refractivity contribution in [2.45, 2.75) is 26.2 Å². The molecule has 17 heavy (non-hydrogen) atoms. The van der Waals surface area contributed by atoms with Crippen molar-refractivity contribution in [1.82, 2.24) is 5.16 Å². The van der Waals surface area contributed by atoms with Crippen LogP contribution in [-0.4, -0.2) is 10.3 Å². The minimum absolute atomic E-state index is 0.130. The van der Waals surface area contributed by atoms with Crippen LogP contribution in [0.4, 0.5) is 5.88 Å². The van der Waals surface area contributed by atoms with E-state index in [-0.39, 0.29) is 17.0 Å². The molecule has 0 atom stereocenters. The number of hydrogen-bond donors (Lipinski definition) is 2. The number of aromatic nitrogens is 1. The summed E-state index contributed by atoms with van der Waals surface area (Å²) in [6, 6.07) is 7.19. The maximum absolute atomic E-state index is 10.3. The minimum atomic E-state index is -0.130. The van der Waals surface area contributed by atoms with Gasteiger partial charge in [0, 0.05) is 11.6 Å². The van der Waals surface area contributed by atoms with Gasteiger partial charge in [-0.1, -0.05) is 38.1 Å². The first-order valence-electron chi connectivity index (χ1n) is 5.44. The van der Waals surface area contributed by atoms with Crippen LogP contribution in [0, 0.1) is 0 Å². The molecule has 4 heteroatoms.